The lowest BCUT2D eigenvalue weighted by molar-refractivity contribution is -0.137. The van der Waals surface area contributed by atoms with Gasteiger partial charge in [-0.05, 0) is 91.7 Å². The maximum atomic E-state index is 10.9. The zero-order valence-corrected chi connectivity index (χ0v) is 36.3. The average molecular weight is 878 g/mol. The number of nitrogen functional groups attached to an aromatic ring is 1. The molecule has 0 aliphatic carbocycles. The number of phenols is 1. The highest BCUT2D eigenvalue weighted by Crippen LogP contribution is 2.37. The first kappa shape index (κ1) is 38.9. The van der Waals surface area contributed by atoms with Crippen LogP contribution in [0.5, 0.6) is 5.75 Å². The van der Waals surface area contributed by atoms with Crippen LogP contribution >= 0.6 is 69.3 Å². The van der Waals surface area contributed by atoms with Crippen molar-refractivity contribution in [3.05, 3.63) is 99.4 Å². The highest BCUT2D eigenvalue weighted by Gasteiger charge is 2.27. The number of phenolic OH excluding ortho intramolecular Hbond substituents is 1. The number of aliphatic carboxylic acids is 1. The Balaban J connectivity index is 0.000000113. The predicted molar refractivity (Wildman–Crippen MR) is 252 cm³/mol. The van der Waals surface area contributed by atoms with Crippen molar-refractivity contribution >= 4 is 148 Å². The third-order valence-electron chi connectivity index (χ3n) is 9.37. The molecule has 0 saturated heterocycles. The third-order valence-corrected chi connectivity index (χ3v) is 16.5. The zero-order chi connectivity index (χ0) is 40.1. The van der Waals surface area contributed by atoms with Gasteiger partial charge in [-0.1, -0.05) is 24.3 Å². The number of aromatic hydroxyl groups is 1. The summed E-state index contributed by atoms with van der Waals surface area (Å²) in [7, 11) is 0. The van der Waals surface area contributed by atoms with Crippen molar-refractivity contribution in [2.24, 2.45) is 15.0 Å². The number of aromatic nitrogens is 3. The summed E-state index contributed by atoms with van der Waals surface area (Å²) in [6, 6.07) is 26.0. The number of thiazole rings is 3. The molecule has 0 spiro atoms. The number of nitrogens with two attached hydrogens (primary N) is 1. The van der Waals surface area contributed by atoms with Gasteiger partial charge in [0.1, 0.15) is 35.9 Å². The molecule has 0 radical (unpaired) electrons. The first-order valence-corrected chi connectivity index (χ1v) is 23.8. The number of anilines is 1. The molecule has 3 aromatic heterocycles. The highest BCUT2D eigenvalue weighted by molar-refractivity contribution is 8.15. The van der Waals surface area contributed by atoms with Crippen LogP contribution in [0, 0.1) is 6.92 Å². The van der Waals surface area contributed by atoms with Crippen LogP contribution in [-0.2, 0) is 4.79 Å². The van der Waals surface area contributed by atoms with E-state index in [0.29, 0.717) is 23.6 Å². The van der Waals surface area contributed by atoms with E-state index in [1.54, 1.807) is 69.7 Å². The van der Waals surface area contributed by atoms with Crippen LogP contribution in [0.2, 0.25) is 0 Å². The van der Waals surface area contributed by atoms with Gasteiger partial charge in [0.15, 0.2) is 6.04 Å². The van der Waals surface area contributed by atoms with Gasteiger partial charge in [-0.3, -0.25) is 15.0 Å². The number of hydrogen-bond acceptors (Lipinski definition) is 15. The lowest BCUT2D eigenvalue weighted by Crippen LogP contribution is -2.17. The Hall–Kier alpha value is -4.58. The third kappa shape index (κ3) is 8.05. The van der Waals surface area contributed by atoms with Crippen molar-refractivity contribution in [2.75, 3.05) is 23.0 Å². The van der Waals surface area contributed by atoms with Crippen molar-refractivity contribution in [1.29, 1.82) is 0 Å². The molecule has 292 valence electrons. The van der Waals surface area contributed by atoms with Gasteiger partial charge in [-0.2, -0.15) is 0 Å². The molecule has 6 heterocycles. The monoisotopic (exact) mass is 877 g/mol. The van der Waals surface area contributed by atoms with E-state index in [0.717, 1.165) is 79.4 Å². The fraction of sp³-hybridized carbons (Fsp3) is 0.214. The summed E-state index contributed by atoms with van der Waals surface area (Å²) < 4.78 is 3.51. The number of benzene rings is 5. The Bertz CT molecular complexity index is 2860. The maximum Gasteiger partial charge on any atom is 0.329 e. The van der Waals surface area contributed by atoms with E-state index in [2.05, 4.69) is 58.1 Å². The van der Waals surface area contributed by atoms with E-state index in [1.807, 2.05) is 49.4 Å². The van der Waals surface area contributed by atoms with Crippen molar-refractivity contribution in [3.63, 3.8) is 0 Å². The first-order valence-electron chi connectivity index (χ1n) is 18.4. The number of aryl methyl sites for hydroxylation is 1. The maximum absolute atomic E-state index is 10.9. The van der Waals surface area contributed by atoms with Crippen LogP contribution in [0.1, 0.15) is 34.4 Å². The lowest BCUT2D eigenvalue weighted by Gasteiger charge is -1.99. The van der Waals surface area contributed by atoms with Crippen molar-refractivity contribution in [3.8, 4) is 5.75 Å². The minimum atomic E-state index is -0.866. The number of hydrogen-bond donors (Lipinski definition) is 3. The van der Waals surface area contributed by atoms with Crippen LogP contribution in [-0.4, -0.2) is 81.6 Å². The molecule has 0 fully saturated rings. The molecule has 0 saturated carbocycles. The number of aliphatic imine (C=N–C) groups is 3. The topological polar surface area (TPSA) is 159 Å². The number of nitrogens with zero attached hydrogens (tertiary/aromatic N) is 6. The van der Waals surface area contributed by atoms with Gasteiger partial charge in [0.25, 0.3) is 0 Å². The molecule has 5 aromatic carbocycles. The fourth-order valence-electron chi connectivity index (χ4n) is 6.54. The number of carboxylic acids is 1. The quantitative estimate of drug-likeness (QED) is 0.145. The van der Waals surface area contributed by atoms with E-state index in [1.165, 1.54) is 37.5 Å². The number of carboxylic acid groups (broad SMARTS) is 1. The second-order valence-electron chi connectivity index (χ2n) is 14.0. The summed E-state index contributed by atoms with van der Waals surface area (Å²) in [6.45, 7) is 6.32. The molecule has 3 aliphatic rings. The van der Waals surface area contributed by atoms with Crippen LogP contribution < -0.4 is 5.73 Å². The van der Waals surface area contributed by atoms with E-state index in [-0.39, 0.29) is 0 Å². The normalized spacial score (nSPS) is 18.9. The second-order valence-corrected chi connectivity index (χ2v) is 20.1. The molecule has 4 N–H and O–H groups in total. The van der Waals surface area contributed by atoms with Gasteiger partial charge in [0, 0.05) is 33.7 Å². The summed E-state index contributed by atoms with van der Waals surface area (Å²) in [5.41, 5.74) is 10.8. The van der Waals surface area contributed by atoms with E-state index in [4.69, 9.17) is 20.8 Å². The van der Waals surface area contributed by atoms with Gasteiger partial charge in [-0.25, -0.2) is 19.7 Å². The smallest absolute Gasteiger partial charge is 0.329 e. The molecular weight excluding hydrogens is 843 g/mol. The molecule has 0 bridgehead atoms. The van der Waals surface area contributed by atoms with Gasteiger partial charge < -0.3 is 15.9 Å². The SMILES string of the molecule is CC1CSC(c2nc3ccc4cc(N)ccc4c3s2)=N1.CC1CSC(c2nc3ccc4cc(O)ccc4c3s2)=N1.Cc1ccc2nc(C3=N[C@@H](C(=O)O)CS3)sc2c1. The summed E-state index contributed by atoms with van der Waals surface area (Å²) in [6.07, 6.45) is 0. The number of thioether (sulfide) groups is 3. The van der Waals surface area contributed by atoms with E-state index >= 15 is 0 Å². The number of carbonyl (C=O) groups is 1. The molecule has 2 unspecified atom stereocenters. The zero-order valence-electron chi connectivity index (χ0n) is 31.4. The van der Waals surface area contributed by atoms with Crippen molar-refractivity contribution in [1.82, 2.24) is 15.0 Å². The molecule has 10 nitrogen and oxygen atoms in total. The second kappa shape index (κ2) is 16.2. The molecule has 3 aliphatic heterocycles. The Morgan fingerprint density at radius 3 is 1.76 bits per heavy atom. The first-order chi connectivity index (χ1) is 28.0. The molecular formula is C42H35N7O3S6. The van der Waals surface area contributed by atoms with Gasteiger partial charge in [0.2, 0.25) is 0 Å². The Morgan fingerprint density at radius 2 is 1.17 bits per heavy atom. The molecule has 3 atom stereocenters. The molecule has 58 heavy (non-hydrogen) atoms. The Kier molecular flexibility index (Phi) is 10.9. The minimum Gasteiger partial charge on any atom is -0.508 e. The Morgan fingerprint density at radius 1 is 0.638 bits per heavy atom. The fourth-order valence-corrected chi connectivity index (χ4v) is 13.1. The summed E-state index contributed by atoms with van der Waals surface area (Å²) in [5.74, 6) is 2.03. The molecule has 16 heteroatoms. The molecule has 11 rings (SSSR count). The molecule has 0 amide bonds. The standard InChI is InChI=1S/C15H13N3S2.C15H12N2OS2.C12H10N2O2S2/c1-8-7-19-14(17-8)15-18-12-5-2-9-6-10(16)3-4-11(9)13(12)20-15;1-8-7-19-14(16-8)15-17-12-5-2-9-6-10(18)3-4-11(9)13(12)20-15;1-6-2-3-7-9(4-6)18-11(13-7)10-14-8(5-17-10)12(15)16/h2-6,8H,7,16H2,1H3;2-6,8,18H,7H2,1H3;2-4,8H,5H2,1H3,(H,15,16)/t;;8-/m..1/s1. The number of fused-ring (bicyclic) bond motifs is 7. The van der Waals surface area contributed by atoms with Crippen molar-refractivity contribution < 1.29 is 15.0 Å². The average Bonchev–Trinajstić information content (AvgIpc) is 4.06. The Labute approximate surface area is 357 Å². The van der Waals surface area contributed by atoms with Gasteiger partial charge in [0.05, 0.1) is 42.7 Å². The van der Waals surface area contributed by atoms with Gasteiger partial charge >= 0.3 is 5.97 Å². The predicted octanol–water partition coefficient (Wildman–Crippen LogP) is 10.5. The van der Waals surface area contributed by atoms with Crippen molar-refractivity contribution in [2.45, 2.75) is 38.9 Å². The highest BCUT2D eigenvalue weighted by atomic mass is 32.2. The lowest BCUT2D eigenvalue weighted by atomic mass is 10.1. The van der Waals surface area contributed by atoms with Crippen LogP contribution in [0.3, 0.4) is 0 Å². The summed E-state index contributed by atoms with van der Waals surface area (Å²) in [4.78, 5) is 38.3. The van der Waals surface area contributed by atoms with Crippen LogP contribution in [0.4, 0.5) is 5.69 Å². The number of rotatable bonds is 4. The van der Waals surface area contributed by atoms with E-state index < -0.39 is 12.0 Å². The summed E-state index contributed by atoms with van der Waals surface area (Å²) >= 11 is 10.0. The van der Waals surface area contributed by atoms with Crippen LogP contribution in [0.25, 0.3) is 52.2 Å². The minimum absolute atomic E-state index is 0.297. The summed E-state index contributed by atoms with van der Waals surface area (Å²) in [5, 5.41) is 28.8. The largest absolute Gasteiger partial charge is 0.508 e. The van der Waals surface area contributed by atoms with E-state index in [9.17, 15) is 9.90 Å². The van der Waals surface area contributed by atoms with Crippen LogP contribution in [0.15, 0.2) is 93.8 Å². The van der Waals surface area contributed by atoms with Gasteiger partial charge in [-0.15, -0.1) is 69.3 Å². The molecule has 8 aromatic rings.